The van der Waals surface area contributed by atoms with Crippen molar-refractivity contribution in [3.63, 3.8) is 0 Å². The van der Waals surface area contributed by atoms with E-state index in [0.717, 1.165) is 24.3 Å². The molecule has 0 radical (unpaired) electrons. The van der Waals surface area contributed by atoms with Gasteiger partial charge in [0, 0.05) is 26.1 Å². The van der Waals surface area contributed by atoms with Crippen molar-refractivity contribution >= 4 is 21.9 Å². The number of aliphatic carboxylic acids is 1. The number of nitrogens with zero attached hydrogens (tertiary/aromatic N) is 1. The highest BCUT2D eigenvalue weighted by molar-refractivity contribution is 7.89. The van der Waals surface area contributed by atoms with Gasteiger partial charge in [0.1, 0.15) is 5.82 Å². The molecule has 1 fully saturated rings. The third-order valence-electron chi connectivity index (χ3n) is 4.94. The third-order valence-corrected chi connectivity index (χ3v) is 6.42. The van der Waals surface area contributed by atoms with E-state index in [9.17, 15) is 27.5 Å². The number of sulfonamides is 1. The maximum atomic E-state index is 12.9. The van der Waals surface area contributed by atoms with Gasteiger partial charge in [0.25, 0.3) is 0 Å². The van der Waals surface area contributed by atoms with Crippen LogP contribution in [0.2, 0.25) is 0 Å². The SMILES string of the molecule is CC(C)C1(C(=O)O)CCN(C(=O)CCNS(=O)(=O)c2ccc(F)cc2)C1. The average Bonchev–Trinajstić information content (AvgIpc) is 3.02. The molecule has 0 aromatic heterocycles. The van der Waals surface area contributed by atoms with E-state index in [4.69, 9.17) is 0 Å². The minimum absolute atomic E-state index is 0.0752. The van der Waals surface area contributed by atoms with Crippen molar-refractivity contribution < 1.29 is 27.5 Å². The molecule has 1 saturated heterocycles. The van der Waals surface area contributed by atoms with Gasteiger partial charge in [-0.1, -0.05) is 13.8 Å². The number of carbonyl (C=O) groups is 2. The Bertz CT molecular complexity index is 779. The molecule has 1 aliphatic rings. The Kier molecular flexibility index (Phi) is 6.02. The molecule has 1 atom stereocenters. The van der Waals surface area contributed by atoms with Crippen LogP contribution in [0.25, 0.3) is 0 Å². The van der Waals surface area contributed by atoms with E-state index in [1.54, 1.807) is 0 Å². The zero-order valence-corrected chi connectivity index (χ0v) is 15.6. The topological polar surface area (TPSA) is 104 Å². The summed E-state index contributed by atoms with van der Waals surface area (Å²) >= 11 is 0. The van der Waals surface area contributed by atoms with E-state index < -0.39 is 27.2 Å². The molecule has 1 amide bonds. The Labute approximate surface area is 152 Å². The highest BCUT2D eigenvalue weighted by Gasteiger charge is 2.48. The summed E-state index contributed by atoms with van der Waals surface area (Å²) in [5.41, 5.74) is -0.955. The molecule has 0 bridgehead atoms. The van der Waals surface area contributed by atoms with Crippen molar-refractivity contribution in [3.8, 4) is 0 Å². The first-order valence-corrected chi connectivity index (χ1v) is 9.83. The fourth-order valence-corrected chi connectivity index (χ4v) is 4.12. The van der Waals surface area contributed by atoms with E-state index in [0.29, 0.717) is 13.0 Å². The van der Waals surface area contributed by atoms with Gasteiger partial charge < -0.3 is 10.0 Å². The van der Waals surface area contributed by atoms with E-state index in [-0.39, 0.29) is 36.2 Å². The van der Waals surface area contributed by atoms with Crippen molar-refractivity contribution in [2.75, 3.05) is 19.6 Å². The Morgan fingerprint density at radius 2 is 1.92 bits per heavy atom. The predicted octanol–water partition coefficient (Wildman–Crippen LogP) is 1.45. The van der Waals surface area contributed by atoms with Crippen LogP contribution in [-0.4, -0.2) is 49.9 Å². The quantitative estimate of drug-likeness (QED) is 0.738. The maximum absolute atomic E-state index is 12.9. The molecular formula is C17H23FN2O5S. The number of rotatable bonds is 7. The summed E-state index contributed by atoms with van der Waals surface area (Å²) < 4.78 is 39.4. The number of carboxylic acids is 1. The molecule has 1 aromatic rings. The van der Waals surface area contributed by atoms with Crippen LogP contribution in [0.1, 0.15) is 26.7 Å². The Balaban J connectivity index is 1.91. The summed E-state index contributed by atoms with van der Waals surface area (Å²) in [4.78, 5) is 25.3. The minimum atomic E-state index is -3.83. The van der Waals surface area contributed by atoms with E-state index in [1.165, 1.54) is 4.90 Å². The van der Waals surface area contributed by atoms with Gasteiger partial charge in [-0.2, -0.15) is 0 Å². The predicted molar refractivity (Wildman–Crippen MR) is 92.3 cm³/mol. The van der Waals surface area contributed by atoms with Crippen LogP contribution in [0.5, 0.6) is 0 Å². The molecule has 1 aromatic carbocycles. The first kappa shape index (κ1) is 20.3. The van der Waals surface area contributed by atoms with Gasteiger partial charge in [0.05, 0.1) is 10.3 Å². The number of carbonyl (C=O) groups excluding carboxylic acids is 1. The smallest absolute Gasteiger partial charge is 0.311 e. The monoisotopic (exact) mass is 386 g/mol. The van der Waals surface area contributed by atoms with Crippen molar-refractivity contribution in [2.45, 2.75) is 31.6 Å². The Hall–Kier alpha value is -2.00. The minimum Gasteiger partial charge on any atom is -0.481 e. The maximum Gasteiger partial charge on any atom is 0.311 e. The highest BCUT2D eigenvalue weighted by Crippen LogP contribution is 2.38. The fraction of sp³-hybridized carbons (Fsp3) is 0.529. The number of nitrogens with one attached hydrogen (secondary N) is 1. The number of carboxylic acid groups (broad SMARTS) is 1. The number of halogens is 1. The van der Waals surface area contributed by atoms with E-state index >= 15 is 0 Å². The first-order valence-electron chi connectivity index (χ1n) is 8.35. The molecular weight excluding hydrogens is 363 g/mol. The van der Waals surface area contributed by atoms with Crippen LogP contribution >= 0.6 is 0 Å². The molecule has 1 unspecified atom stereocenters. The van der Waals surface area contributed by atoms with Crippen molar-refractivity contribution in [1.29, 1.82) is 0 Å². The molecule has 9 heteroatoms. The summed E-state index contributed by atoms with van der Waals surface area (Å²) in [7, 11) is -3.83. The summed E-state index contributed by atoms with van der Waals surface area (Å²) in [6, 6.07) is 4.37. The molecule has 1 aliphatic heterocycles. The summed E-state index contributed by atoms with van der Waals surface area (Å²) in [5, 5.41) is 9.51. The molecule has 2 rings (SSSR count). The molecule has 1 heterocycles. The molecule has 144 valence electrons. The van der Waals surface area contributed by atoms with Gasteiger partial charge in [-0.25, -0.2) is 17.5 Å². The van der Waals surface area contributed by atoms with E-state index in [1.807, 2.05) is 13.8 Å². The molecule has 0 saturated carbocycles. The first-order chi connectivity index (χ1) is 12.1. The Morgan fingerprint density at radius 3 is 2.42 bits per heavy atom. The molecule has 0 aliphatic carbocycles. The lowest BCUT2D eigenvalue weighted by molar-refractivity contribution is -0.151. The number of likely N-dealkylation sites (tertiary alicyclic amines) is 1. The van der Waals surface area contributed by atoms with Crippen LogP contribution in [0.4, 0.5) is 4.39 Å². The summed E-state index contributed by atoms with van der Waals surface area (Å²) in [6.45, 7) is 3.99. The molecule has 7 nitrogen and oxygen atoms in total. The van der Waals surface area contributed by atoms with Gasteiger partial charge in [0.15, 0.2) is 0 Å². The van der Waals surface area contributed by atoms with Crippen molar-refractivity contribution in [2.24, 2.45) is 11.3 Å². The van der Waals surface area contributed by atoms with Crippen LogP contribution in [0, 0.1) is 17.2 Å². The third kappa shape index (κ3) is 4.21. The molecule has 2 N–H and O–H groups in total. The van der Waals surface area contributed by atoms with Crippen molar-refractivity contribution in [1.82, 2.24) is 9.62 Å². The number of amides is 1. The standard InChI is InChI=1S/C17H23FN2O5S/c1-12(2)17(16(22)23)8-10-20(11-17)15(21)7-9-19-26(24,25)14-5-3-13(18)4-6-14/h3-6,12,19H,7-11H2,1-2H3,(H,22,23). The van der Waals surface area contributed by atoms with E-state index in [2.05, 4.69) is 4.72 Å². The largest absolute Gasteiger partial charge is 0.481 e. The fourth-order valence-electron chi connectivity index (χ4n) is 3.09. The number of benzene rings is 1. The van der Waals surface area contributed by atoms with Gasteiger partial charge in [-0.05, 0) is 36.6 Å². The second kappa shape index (κ2) is 7.71. The highest BCUT2D eigenvalue weighted by atomic mass is 32.2. The van der Waals surface area contributed by atoms with Crippen LogP contribution < -0.4 is 4.72 Å². The summed E-state index contributed by atoms with van der Waals surface area (Å²) in [5.74, 6) is -1.87. The van der Waals surface area contributed by atoms with Gasteiger partial charge in [0.2, 0.25) is 15.9 Å². The van der Waals surface area contributed by atoms with Crippen LogP contribution in [0.3, 0.4) is 0 Å². The van der Waals surface area contributed by atoms with Gasteiger partial charge in [-0.15, -0.1) is 0 Å². The number of hydrogen-bond acceptors (Lipinski definition) is 4. The Morgan fingerprint density at radius 1 is 1.31 bits per heavy atom. The summed E-state index contributed by atoms with van der Waals surface area (Å²) in [6.07, 6.45) is 0.307. The van der Waals surface area contributed by atoms with Gasteiger partial charge >= 0.3 is 5.97 Å². The van der Waals surface area contributed by atoms with Gasteiger partial charge in [-0.3, -0.25) is 9.59 Å². The zero-order chi connectivity index (χ0) is 19.5. The lowest BCUT2D eigenvalue weighted by Gasteiger charge is -2.28. The van der Waals surface area contributed by atoms with Crippen LogP contribution in [-0.2, 0) is 19.6 Å². The lowest BCUT2D eigenvalue weighted by atomic mass is 9.76. The second-order valence-corrected chi connectivity index (χ2v) is 8.55. The van der Waals surface area contributed by atoms with Crippen molar-refractivity contribution in [3.05, 3.63) is 30.1 Å². The molecule has 0 spiro atoms. The zero-order valence-electron chi connectivity index (χ0n) is 14.7. The normalized spacial score (nSPS) is 20.5. The average molecular weight is 386 g/mol. The lowest BCUT2D eigenvalue weighted by Crippen LogP contribution is -2.41. The second-order valence-electron chi connectivity index (χ2n) is 6.78. The molecule has 26 heavy (non-hydrogen) atoms. The number of hydrogen-bond donors (Lipinski definition) is 2. The van der Waals surface area contributed by atoms with Crippen LogP contribution in [0.15, 0.2) is 29.2 Å².